The molecule has 0 aliphatic rings. The molecule has 0 saturated carbocycles. The maximum absolute atomic E-state index is 10.9. The molecule has 0 spiro atoms. The van der Waals surface area contributed by atoms with Crippen LogP contribution in [0.5, 0.6) is 0 Å². The average molecular weight is 235 g/mol. The molecule has 0 bridgehead atoms. The monoisotopic (exact) mass is 235 g/mol. The van der Waals surface area contributed by atoms with Crippen LogP contribution in [-0.4, -0.2) is 42.7 Å². The van der Waals surface area contributed by atoms with Crippen molar-refractivity contribution in [2.45, 2.75) is 12.5 Å². The van der Waals surface area contributed by atoms with E-state index in [0.717, 1.165) is 0 Å². The molecule has 0 heterocycles. The highest BCUT2D eigenvalue weighted by atomic mass is 28.4. The van der Waals surface area contributed by atoms with Gasteiger partial charge in [0.1, 0.15) is 0 Å². The Morgan fingerprint density at radius 2 is 1.93 bits per heavy atom. The van der Waals surface area contributed by atoms with Crippen molar-refractivity contribution in [3.8, 4) is 0 Å². The molecule has 0 aliphatic heterocycles. The highest BCUT2D eigenvalue weighted by Crippen LogP contribution is 2.14. The molecule has 0 aromatic carbocycles. The molecule has 0 atom stereocenters. The van der Waals surface area contributed by atoms with Gasteiger partial charge < -0.3 is 18.0 Å². The zero-order valence-electron chi connectivity index (χ0n) is 10.4. The van der Waals surface area contributed by atoms with Gasteiger partial charge in [-0.15, -0.1) is 0 Å². The van der Waals surface area contributed by atoms with Crippen molar-refractivity contribution in [1.82, 2.24) is 0 Å². The molecule has 0 fully saturated rings. The second-order valence-electron chi connectivity index (χ2n) is 2.71. The number of carbonyl (C=O) groups is 1. The lowest BCUT2D eigenvalue weighted by Crippen LogP contribution is -2.42. The van der Waals surface area contributed by atoms with Gasteiger partial charge in [0.15, 0.2) is 0 Å². The summed E-state index contributed by atoms with van der Waals surface area (Å²) in [4.78, 5) is 10.9. The maximum atomic E-state index is 10.9. The molecule has 0 radical (unpaired) electrons. The Kier molecular flexibility index (Phi) is 6.25. The molecule has 0 aliphatic carbocycles. The van der Waals surface area contributed by atoms with E-state index in [1.165, 1.54) is 21.3 Å². The lowest BCUT2D eigenvalue weighted by Gasteiger charge is -2.23. The standard InChI is InChI=1S/C9H18O5Si/c1-5-9(10)14-7-6-8-15(11-2,12-3)13-4/h5H,1,6-8H2,2-4H3/i5D. The van der Waals surface area contributed by atoms with Crippen LogP contribution in [0.1, 0.15) is 7.79 Å². The van der Waals surface area contributed by atoms with Gasteiger partial charge in [-0.05, 0) is 6.42 Å². The Bertz CT molecular complexity index is 234. The number of rotatable bonds is 8. The third-order valence-corrected chi connectivity index (χ3v) is 4.77. The van der Waals surface area contributed by atoms with E-state index in [-0.39, 0.29) is 12.7 Å². The van der Waals surface area contributed by atoms with Crippen molar-refractivity contribution < 1.29 is 24.2 Å². The zero-order chi connectivity index (χ0) is 12.6. The fourth-order valence-corrected chi connectivity index (χ4v) is 2.75. The molecule has 0 N–H and O–H groups in total. The molecule has 6 heteroatoms. The molecular formula is C9H18O5Si. The summed E-state index contributed by atoms with van der Waals surface area (Å²) in [5, 5.41) is 0. The fraction of sp³-hybridized carbons (Fsp3) is 0.667. The lowest BCUT2D eigenvalue weighted by molar-refractivity contribution is -0.137. The summed E-state index contributed by atoms with van der Waals surface area (Å²) in [5.41, 5.74) is 0. The summed E-state index contributed by atoms with van der Waals surface area (Å²) in [5.74, 6) is -0.709. The summed E-state index contributed by atoms with van der Waals surface area (Å²) in [6.45, 7) is 3.35. The van der Waals surface area contributed by atoms with Gasteiger partial charge in [-0.25, -0.2) is 4.79 Å². The van der Waals surface area contributed by atoms with E-state index in [9.17, 15) is 4.79 Å². The molecule has 88 valence electrons. The first-order valence-electron chi connectivity index (χ1n) is 4.99. The van der Waals surface area contributed by atoms with Crippen LogP contribution in [0, 0.1) is 0 Å². The second kappa shape index (κ2) is 7.58. The first kappa shape index (κ1) is 12.4. The average Bonchev–Trinajstić information content (AvgIpc) is 2.30. The van der Waals surface area contributed by atoms with Gasteiger partial charge >= 0.3 is 14.8 Å². The lowest BCUT2D eigenvalue weighted by atomic mass is 10.5. The van der Waals surface area contributed by atoms with Crippen LogP contribution in [-0.2, 0) is 22.8 Å². The Morgan fingerprint density at radius 1 is 1.40 bits per heavy atom. The summed E-state index contributed by atoms with van der Waals surface area (Å²) < 4.78 is 27.2. The van der Waals surface area contributed by atoms with Crippen LogP contribution in [0.3, 0.4) is 0 Å². The topological polar surface area (TPSA) is 54.0 Å². The van der Waals surface area contributed by atoms with E-state index in [0.29, 0.717) is 12.5 Å². The molecule has 5 nitrogen and oxygen atoms in total. The van der Waals surface area contributed by atoms with E-state index in [1.54, 1.807) is 0 Å². The van der Waals surface area contributed by atoms with Crippen molar-refractivity contribution in [2.24, 2.45) is 0 Å². The van der Waals surface area contributed by atoms with Gasteiger partial charge in [0, 0.05) is 33.4 Å². The van der Waals surface area contributed by atoms with E-state index >= 15 is 0 Å². The van der Waals surface area contributed by atoms with Crippen molar-refractivity contribution >= 4 is 14.8 Å². The van der Waals surface area contributed by atoms with Crippen LogP contribution in [0.25, 0.3) is 0 Å². The summed E-state index contributed by atoms with van der Waals surface area (Å²) in [6.07, 6.45) is 0.556. The maximum Gasteiger partial charge on any atom is 0.500 e. The minimum absolute atomic E-state index is 0.196. The van der Waals surface area contributed by atoms with E-state index in [1.807, 2.05) is 0 Å². The van der Waals surface area contributed by atoms with E-state index in [2.05, 4.69) is 6.58 Å². The van der Waals surface area contributed by atoms with Crippen molar-refractivity contribution in [3.05, 3.63) is 12.6 Å². The Labute approximate surface area is 92.7 Å². The van der Waals surface area contributed by atoms with Crippen LogP contribution in [0.15, 0.2) is 12.6 Å². The van der Waals surface area contributed by atoms with Crippen LogP contribution >= 0.6 is 0 Å². The first-order valence-corrected chi connectivity index (χ1v) is 6.42. The van der Waals surface area contributed by atoms with Crippen LogP contribution in [0.4, 0.5) is 0 Å². The number of hydrogen-bond donors (Lipinski definition) is 0. The summed E-state index contributed by atoms with van der Waals surface area (Å²) in [6, 6.07) is 0.197. The minimum Gasteiger partial charge on any atom is -0.463 e. The largest absolute Gasteiger partial charge is 0.500 e. The summed E-state index contributed by atoms with van der Waals surface area (Å²) in [7, 11) is 2.00. The van der Waals surface area contributed by atoms with Gasteiger partial charge in [0.05, 0.1) is 7.98 Å². The van der Waals surface area contributed by atoms with Crippen molar-refractivity contribution in [3.63, 3.8) is 0 Å². The Hall–Kier alpha value is -0.693. The van der Waals surface area contributed by atoms with Crippen LogP contribution < -0.4 is 0 Å². The number of ether oxygens (including phenoxy) is 1. The number of hydrogen-bond acceptors (Lipinski definition) is 5. The normalized spacial score (nSPS) is 12.1. The molecule has 0 saturated heterocycles. The van der Waals surface area contributed by atoms with Gasteiger partial charge in [0.25, 0.3) is 0 Å². The second-order valence-corrected chi connectivity index (χ2v) is 5.80. The number of esters is 1. The molecular weight excluding hydrogens is 216 g/mol. The summed E-state index contributed by atoms with van der Waals surface area (Å²) >= 11 is 0. The molecule has 0 aromatic rings. The molecule has 0 amide bonds. The van der Waals surface area contributed by atoms with Gasteiger partial charge in [-0.3, -0.25) is 0 Å². The van der Waals surface area contributed by atoms with Gasteiger partial charge in [-0.2, -0.15) is 0 Å². The molecule has 0 rings (SSSR count). The zero-order valence-corrected chi connectivity index (χ0v) is 10.4. The van der Waals surface area contributed by atoms with E-state index in [4.69, 9.17) is 19.4 Å². The smallest absolute Gasteiger partial charge is 0.463 e. The number of carbonyl (C=O) groups excluding carboxylic acids is 1. The highest BCUT2D eigenvalue weighted by Gasteiger charge is 2.36. The van der Waals surface area contributed by atoms with Crippen molar-refractivity contribution in [1.29, 1.82) is 0 Å². The van der Waals surface area contributed by atoms with Gasteiger partial charge in [0.2, 0.25) is 0 Å². The fourth-order valence-electron chi connectivity index (χ4n) is 1.06. The third kappa shape index (κ3) is 5.08. The SMILES string of the molecule is [2H]C(=C)C(=O)OCCC[Si](OC)(OC)OC. The Morgan fingerprint density at radius 3 is 2.33 bits per heavy atom. The quantitative estimate of drug-likeness (QED) is 0.272. The minimum atomic E-state index is -2.58. The van der Waals surface area contributed by atoms with Gasteiger partial charge in [-0.1, -0.05) is 6.58 Å². The molecule has 15 heavy (non-hydrogen) atoms. The predicted molar refractivity (Wildman–Crippen MR) is 57.4 cm³/mol. The van der Waals surface area contributed by atoms with E-state index < -0.39 is 14.8 Å². The highest BCUT2D eigenvalue weighted by molar-refractivity contribution is 6.60. The third-order valence-electron chi connectivity index (χ3n) is 1.94. The molecule has 0 aromatic heterocycles. The first-order chi connectivity index (χ1) is 7.51. The van der Waals surface area contributed by atoms with Crippen LogP contribution in [0.2, 0.25) is 6.04 Å². The van der Waals surface area contributed by atoms with Crippen molar-refractivity contribution in [2.75, 3.05) is 27.9 Å². The Balaban J connectivity index is 3.88. The molecule has 0 unspecified atom stereocenters. The predicted octanol–water partition coefficient (Wildman–Crippen LogP) is 0.984.